The maximum Gasteiger partial charge on any atom is 0.271 e. The van der Waals surface area contributed by atoms with Crippen molar-refractivity contribution in [3.8, 4) is 11.5 Å². The number of rotatable bonds is 8. The minimum absolute atomic E-state index is 0.161. The fraction of sp³-hybridized carbons (Fsp3) is 0.125. The van der Waals surface area contributed by atoms with Crippen molar-refractivity contribution in [1.82, 2.24) is 5.43 Å². The molecule has 0 saturated carbocycles. The SMILES string of the molecule is COc1cc(/C=N\NC(=O)c2cccc(C)c2)ccc1OCC(=O)Nc1ccccc1. The second-order valence-corrected chi connectivity index (χ2v) is 6.68. The van der Waals surface area contributed by atoms with Crippen molar-refractivity contribution >= 4 is 23.7 Å². The normalized spacial score (nSPS) is 10.5. The van der Waals surface area contributed by atoms with Crippen LogP contribution in [0.1, 0.15) is 21.5 Å². The molecular weight excluding hydrogens is 394 g/mol. The molecule has 31 heavy (non-hydrogen) atoms. The molecular formula is C24H23N3O4. The van der Waals surface area contributed by atoms with Gasteiger partial charge in [-0.2, -0.15) is 5.10 Å². The number of amides is 2. The minimum atomic E-state index is -0.295. The Morgan fingerprint density at radius 2 is 1.77 bits per heavy atom. The molecule has 0 bridgehead atoms. The second kappa shape index (κ2) is 10.6. The molecule has 0 aliphatic carbocycles. The lowest BCUT2D eigenvalue weighted by molar-refractivity contribution is -0.118. The number of nitrogens with zero attached hydrogens (tertiary/aromatic N) is 1. The van der Waals surface area contributed by atoms with E-state index in [0.717, 1.165) is 5.56 Å². The Hall–Kier alpha value is -4.13. The van der Waals surface area contributed by atoms with Crippen molar-refractivity contribution in [2.75, 3.05) is 19.0 Å². The summed E-state index contributed by atoms with van der Waals surface area (Å²) in [5.74, 6) is 0.294. The predicted octanol–water partition coefficient (Wildman–Crippen LogP) is 3.79. The van der Waals surface area contributed by atoms with Crippen LogP contribution in [0.25, 0.3) is 0 Å². The van der Waals surface area contributed by atoms with Crippen molar-refractivity contribution < 1.29 is 19.1 Å². The molecule has 7 heteroatoms. The smallest absolute Gasteiger partial charge is 0.271 e. The number of nitrogens with one attached hydrogen (secondary N) is 2. The first kappa shape index (κ1) is 21.6. The first-order chi connectivity index (χ1) is 15.0. The average Bonchev–Trinajstić information content (AvgIpc) is 2.78. The van der Waals surface area contributed by atoms with Crippen molar-refractivity contribution in [3.05, 3.63) is 89.5 Å². The summed E-state index contributed by atoms with van der Waals surface area (Å²) in [5, 5.41) is 6.74. The first-order valence-electron chi connectivity index (χ1n) is 9.61. The molecule has 0 aromatic heterocycles. The largest absolute Gasteiger partial charge is 0.493 e. The fourth-order valence-electron chi connectivity index (χ4n) is 2.76. The van der Waals surface area contributed by atoms with Gasteiger partial charge < -0.3 is 14.8 Å². The highest BCUT2D eigenvalue weighted by molar-refractivity contribution is 5.95. The van der Waals surface area contributed by atoms with Gasteiger partial charge in [0.1, 0.15) is 0 Å². The summed E-state index contributed by atoms with van der Waals surface area (Å²) < 4.78 is 10.9. The highest BCUT2D eigenvalue weighted by atomic mass is 16.5. The molecule has 0 heterocycles. The van der Waals surface area contributed by atoms with Crippen LogP contribution in [0.4, 0.5) is 5.69 Å². The summed E-state index contributed by atoms with van der Waals surface area (Å²) >= 11 is 0. The lowest BCUT2D eigenvalue weighted by Gasteiger charge is -2.11. The average molecular weight is 417 g/mol. The summed E-state index contributed by atoms with van der Waals surface area (Å²) in [7, 11) is 1.51. The predicted molar refractivity (Wildman–Crippen MR) is 120 cm³/mol. The maximum atomic E-state index is 12.1. The highest BCUT2D eigenvalue weighted by Crippen LogP contribution is 2.27. The lowest BCUT2D eigenvalue weighted by atomic mass is 10.1. The summed E-state index contributed by atoms with van der Waals surface area (Å²) in [6, 6.07) is 21.5. The number of benzene rings is 3. The highest BCUT2D eigenvalue weighted by Gasteiger charge is 2.09. The molecule has 0 fully saturated rings. The van der Waals surface area contributed by atoms with E-state index in [-0.39, 0.29) is 18.4 Å². The van der Waals surface area contributed by atoms with Gasteiger partial charge in [0.2, 0.25) is 0 Å². The van der Waals surface area contributed by atoms with Gasteiger partial charge in [0.15, 0.2) is 18.1 Å². The molecule has 0 unspecified atom stereocenters. The molecule has 0 aliphatic heterocycles. The number of carbonyl (C=O) groups excluding carboxylic acids is 2. The van der Waals surface area contributed by atoms with E-state index >= 15 is 0 Å². The summed E-state index contributed by atoms with van der Waals surface area (Å²) in [5.41, 5.74) is 5.42. The Kier molecular flexibility index (Phi) is 7.37. The zero-order chi connectivity index (χ0) is 22.1. The van der Waals surface area contributed by atoms with Crippen molar-refractivity contribution in [3.63, 3.8) is 0 Å². The number of ether oxygens (including phenoxy) is 2. The van der Waals surface area contributed by atoms with Crippen LogP contribution < -0.4 is 20.2 Å². The third-order valence-electron chi connectivity index (χ3n) is 4.26. The van der Waals surface area contributed by atoms with Crippen LogP contribution >= 0.6 is 0 Å². The van der Waals surface area contributed by atoms with Crippen LogP contribution in [0, 0.1) is 6.92 Å². The van der Waals surface area contributed by atoms with Gasteiger partial charge in [-0.05, 0) is 55.0 Å². The molecule has 7 nitrogen and oxygen atoms in total. The number of carbonyl (C=O) groups is 2. The number of methoxy groups -OCH3 is 1. The van der Waals surface area contributed by atoms with E-state index in [4.69, 9.17) is 9.47 Å². The minimum Gasteiger partial charge on any atom is -0.493 e. The van der Waals surface area contributed by atoms with E-state index in [9.17, 15) is 9.59 Å². The van der Waals surface area contributed by atoms with Gasteiger partial charge in [-0.25, -0.2) is 5.43 Å². The monoisotopic (exact) mass is 417 g/mol. The topological polar surface area (TPSA) is 89.0 Å². The Morgan fingerprint density at radius 3 is 2.52 bits per heavy atom. The van der Waals surface area contributed by atoms with Crippen molar-refractivity contribution in [2.45, 2.75) is 6.92 Å². The van der Waals surface area contributed by atoms with Gasteiger partial charge >= 0.3 is 0 Å². The quantitative estimate of drug-likeness (QED) is 0.431. The second-order valence-electron chi connectivity index (χ2n) is 6.68. The Labute approximate surface area is 180 Å². The number of hydrogen-bond acceptors (Lipinski definition) is 5. The van der Waals surface area contributed by atoms with Gasteiger partial charge in [-0.15, -0.1) is 0 Å². The number of hydrazone groups is 1. The van der Waals surface area contributed by atoms with Crippen LogP contribution in [0.5, 0.6) is 11.5 Å². The Balaban J connectivity index is 1.57. The molecule has 2 amide bonds. The van der Waals surface area contributed by atoms with E-state index in [1.54, 1.807) is 42.5 Å². The number of aryl methyl sites for hydroxylation is 1. The number of para-hydroxylation sites is 1. The standard InChI is InChI=1S/C24H23N3O4/c1-17-7-6-8-19(13-17)24(29)27-25-15-18-11-12-21(22(14-18)30-2)31-16-23(28)26-20-9-4-3-5-10-20/h3-15H,16H2,1-2H3,(H,26,28)(H,27,29)/b25-15-. The van der Waals surface area contributed by atoms with Crippen LogP contribution in [0.2, 0.25) is 0 Å². The van der Waals surface area contributed by atoms with Gasteiger partial charge in [0, 0.05) is 11.3 Å². The van der Waals surface area contributed by atoms with Crippen molar-refractivity contribution in [1.29, 1.82) is 0 Å². The molecule has 0 atom stereocenters. The first-order valence-corrected chi connectivity index (χ1v) is 9.61. The third kappa shape index (κ3) is 6.43. The maximum absolute atomic E-state index is 12.1. The third-order valence-corrected chi connectivity index (χ3v) is 4.26. The fourth-order valence-corrected chi connectivity index (χ4v) is 2.76. The van der Waals surface area contributed by atoms with E-state index in [1.807, 2.05) is 37.3 Å². The molecule has 0 aliphatic rings. The van der Waals surface area contributed by atoms with Gasteiger partial charge in [-0.1, -0.05) is 35.9 Å². The van der Waals surface area contributed by atoms with Crippen LogP contribution in [0.3, 0.4) is 0 Å². The van der Waals surface area contributed by atoms with Crippen LogP contribution in [0.15, 0.2) is 77.9 Å². The molecule has 0 saturated heterocycles. The molecule has 3 rings (SSSR count). The zero-order valence-corrected chi connectivity index (χ0v) is 17.3. The van der Waals surface area contributed by atoms with E-state index < -0.39 is 0 Å². The Bertz CT molecular complexity index is 1080. The van der Waals surface area contributed by atoms with E-state index in [0.29, 0.717) is 28.3 Å². The van der Waals surface area contributed by atoms with Crippen LogP contribution in [-0.2, 0) is 4.79 Å². The van der Waals surface area contributed by atoms with Gasteiger partial charge in [0.05, 0.1) is 13.3 Å². The van der Waals surface area contributed by atoms with E-state index in [2.05, 4.69) is 15.8 Å². The lowest BCUT2D eigenvalue weighted by Crippen LogP contribution is -2.20. The number of hydrogen-bond donors (Lipinski definition) is 2. The van der Waals surface area contributed by atoms with E-state index in [1.165, 1.54) is 13.3 Å². The summed E-state index contributed by atoms with van der Waals surface area (Å²) in [6.45, 7) is 1.76. The van der Waals surface area contributed by atoms with Crippen LogP contribution in [-0.4, -0.2) is 31.7 Å². The van der Waals surface area contributed by atoms with Gasteiger partial charge in [0.25, 0.3) is 11.8 Å². The summed E-state index contributed by atoms with van der Waals surface area (Å²) in [6.07, 6.45) is 1.50. The molecule has 3 aromatic carbocycles. The van der Waals surface area contributed by atoms with Crippen molar-refractivity contribution in [2.24, 2.45) is 5.10 Å². The zero-order valence-electron chi connectivity index (χ0n) is 17.3. The molecule has 2 N–H and O–H groups in total. The molecule has 0 radical (unpaired) electrons. The molecule has 0 spiro atoms. The molecule has 3 aromatic rings. The molecule has 158 valence electrons. The summed E-state index contributed by atoms with van der Waals surface area (Å²) in [4.78, 5) is 24.2. The van der Waals surface area contributed by atoms with Gasteiger partial charge in [-0.3, -0.25) is 9.59 Å². The number of anilines is 1. The Morgan fingerprint density at radius 1 is 0.968 bits per heavy atom.